The van der Waals surface area contributed by atoms with Gasteiger partial charge in [-0.3, -0.25) is 0 Å². The SMILES string of the molecule is Cc1cccc2c(N[C@@H](c3nc(C(C)C)no3)C3CCOCC3)ncnc12. The molecule has 1 fully saturated rings. The minimum Gasteiger partial charge on any atom is -0.381 e. The Hall–Kier alpha value is -2.54. The summed E-state index contributed by atoms with van der Waals surface area (Å²) >= 11 is 0. The molecule has 1 aromatic carbocycles. The molecule has 0 unspecified atom stereocenters. The van der Waals surface area contributed by atoms with Gasteiger partial charge in [-0.2, -0.15) is 4.98 Å². The molecule has 0 bridgehead atoms. The van der Waals surface area contributed by atoms with Crippen molar-refractivity contribution >= 4 is 16.7 Å². The van der Waals surface area contributed by atoms with E-state index in [1.165, 1.54) is 0 Å². The third-order valence-electron chi connectivity index (χ3n) is 5.14. The quantitative estimate of drug-likeness (QED) is 0.728. The number of fused-ring (bicyclic) bond motifs is 1. The van der Waals surface area contributed by atoms with Gasteiger partial charge in [0.05, 0.1) is 5.52 Å². The second kappa shape index (κ2) is 7.60. The third kappa shape index (κ3) is 3.64. The van der Waals surface area contributed by atoms with Crippen LogP contribution in [0.3, 0.4) is 0 Å². The Bertz CT molecular complexity index is 918. The molecule has 1 aliphatic rings. The number of para-hydroxylation sites is 1. The van der Waals surface area contributed by atoms with Crippen molar-refractivity contribution in [2.24, 2.45) is 5.92 Å². The summed E-state index contributed by atoms with van der Waals surface area (Å²) in [4.78, 5) is 13.6. The summed E-state index contributed by atoms with van der Waals surface area (Å²) in [6.45, 7) is 7.68. The zero-order chi connectivity index (χ0) is 18.8. The Morgan fingerprint density at radius 2 is 1.96 bits per heavy atom. The number of nitrogens with one attached hydrogen (secondary N) is 1. The normalized spacial score (nSPS) is 16.7. The molecule has 0 saturated carbocycles. The molecule has 142 valence electrons. The van der Waals surface area contributed by atoms with Crippen molar-refractivity contribution in [2.45, 2.75) is 45.6 Å². The molecular weight excluding hydrogens is 342 g/mol. The Labute approximate surface area is 158 Å². The number of aromatic nitrogens is 4. The molecule has 27 heavy (non-hydrogen) atoms. The summed E-state index contributed by atoms with van der Waals surface area (Å²) in [7, 11) is 0. The van der Waals surface area contributed by atoms with Crippen LogP contribution < -0.4 is 5.32 Å². The van der Waals surface area contributed by atoms with Crippen molar-refractivity contribution in [2.75, 3.05) is 18.5 Å². The molecule has 2 aromatic heterocycles. The Kier molecular flexibility index (Phi) is 5.03. The highest BCUT2D eigenvalue weighted by atomic mass is 16.5. The Morgan fingerprint density at radius 1 is 1.15 bits per heavy atom. The molecule has 0 radical (unpaired) electrons. The van der Waals surface area contributed by atoms with Crippen LogP contribution >= 0.6 is 0 Å². The first-order valence-electron chi connectivity index (χ1n) is 9.51. The smallest absolute Gasteiger partial charge is 0.249 e. The zero-order valence-corrected chi connectivity index (χ0v) is 16.0. The fraction of sp³-hybridized carbons (Fsp3) is 0.500. The molecule has 1 N–H and O–H groups in total. The first-order valence-corrected chi connectivity index (χ1v) is 9.51. The van der Waals surface area contributed by atoms with Crippen molar-refractivity contribution in [3.05, 3.63) is 41.8 Å². The molecule has 0 aliphatic carbocycles. The third-order valence-corrected chi connectivity index (χ3v) is 5.14. The van der Waals surface area contributed by atoms with Gasteiger partial charge in [0.15, 0.2) is 5.82 Å². The largest absolute Gasteiger partial charge is 0.381 e. The maximum absolute atomic E-state index is 5.64. The highest BCUT2D eigenvalue weighted by molar-refractivity contribution is 5.90. The average Bonchev–Trinajstić information content (AvgIpc) is 3.17. The summed E-state index contributed by atoms with van der Waals surface area (Å²) in [6.07, 6.45) is 3.49. The molecule has 1 atom stereocenters. The fourth-order valence-corrected chi connectivity index (χ4v) is 3.54. The lowest BCUT2D eigenvalue weighted by molar-refractivity contribution is 0.0571. The van der Waals surface area contributed by atoms with Gasteiger partial charge in [0.1, 0.15) is 18.2 Å². The number of ether oxygens (including phenoxy) is 1. The van der Waals surface area contributed by atoms with E-state index < -0.39 is 0 Å². The van der Waals surface area contributed by atoms with Gasteiger partial charge in [0.2, 0.25) is 5.89 Å². The van der Waals surface area contributed by atoms with E-state index in [0.717, 1.165) is 54.2 Å². The fourth-order valence-electron chi connectivity index (χ4n) is 3.54. The number of benzene rings is 1. The van der Waals surface area contributed by atoms with Gasteiger partial charge in [-0.05, 0) is 37.3 Å². The predicted molar refractivity (Wildman–Crippen MR) is 103 cm³/mol. The van der Waals surface area contributed by atoms with Gasteiger partial charge in [-0.1, -0.05) is 31.1 Å². The lowest BCUT2D eigenvalue weighted by Gasteiger charge is -2.29. The monoisotopic (exact) mass is 367 g/mol. The minimum absolute atomic E-state index is 0.104. The number of hydrogen-bond donors (Lipinski definition) is 1. The van der Waals surface area contributed by atoms with Crippen LogP contribution in [0.25, 0.3) is 10.9 Å². The van der Waals surface area contributed by atoms with Crippen LogP contribution in [0.15, 0.2) is 29.0 Å². The van der Waals surface area contributed by atoms with E-state index in [9.17, 15) is 0 Å². The van der Waals surface area contributed by atoms with E-state index >= 15 is 0 Å². The van der Waals surface area contributed by atoms with Gasteiger partial charge in [-0.15, -0.1) is 0 Å². The second-order valence-electron chi connectivity index (χ2n) is 7.41. The first kappa shape index (κ1) is 17.9. The van der Waals surface area contributed by atoms with Crippen molar-refractivity contribution in [3.8, 4) is 0 Å². The minimum atomic E-state index is -0.104. The Balaban J connectivity index is 1.72. The van der Waals surface area contributed by atoms with Crippen LogP contribution in [0, 0.1) is 12.8 Å². The predicted octanol–water partition coefficient (Wildman–Crippen LogP) is 4.02. The number of hydrogen-bond acceptors (Lipinski definition) is 7. The molecule has 3 aromatic rings. The maximum Gasteiger partial charge on any atom is 0.249 e. The molecule has 4 rings (SSSR count). The molecule has 1 aliphatic heterocycles. The van der Waals surface area contributed by atoms with Crippen LogP contribution in [-0.2, 0) is 4.74 Å². The van der Waals surface area contributed by atoms with E-state index in [0.29, 0.717) is 11.8 Å². The van der Waals surface area contributed by atoms with Crippen LogP contribution in [-0.4, -0.2) is 33.3 Å². The number of rotatable bonds is 5. The summed E-state index contributed by atoms with van der Waals surface area (Å²) < 4.78 is 11.2. The van der Waals surface area contributed by atoms with E-state index in [2.05, 4.69) is 52.3 Å². The number of aryl methyl sites for hydroxylation is 1. The molecule has 7 nitrogen and oxygen atoms in total. The van der Waals surface area contributed by atoms with Crippen LogP contribution in [0.2, 0.25) is 0 Å². The van der Waals surface area contributed by atoms with E-state index in [4.69, 9.17) is 9.26 Å². The molecule has 0 spiro atoms. The van der Waals surface area contributed by atoms with Gasteiger partial charge in [0.25, 0.3) is 0 Å². The zero-order valence-electron chi connectivity index (χ0n) is 16.0. The second-order valence-corrected chi connectivity index (χ2v) is 7.41. The summed E-state index contributed by atoms with van der Waals surface area (Å²) in [5.41, 5.74) is 2.08. The first-order chi connectivity index (χ1) is 13.1. The molecule has 0 amide bonds. The van der Waals surface area contributed by atoms with Gasteiger partial charge >= 0.3 is 0 Å². The Morgan fingerprint density at radius 3 is 2.70 bits per heavy atom. The highest BCUT2D eigenvalue weighted by Gasteiger charge is 2.31. The lowest BCUT2D eigenvalue weighted by atomic mass is 9.91. The molecule has 1 saturated heterocycles. The van der Waals surface area contributed by atoms with Crippen molar-refractivity contribution in [1.29, 1.82) is 0 Å². The molecule has 3 heterocycles. The van der Waals surface area contributed by atoms with E-state index in [-0.39, 0.29) is 12.0 Å². The molecular formula is C20H25N5O2. The van der Waals surface area contributed by atoms with E-state index in [1.807, 2.05) is 12.1 Å². The van der Waals surface area contributed by atoms with Crippen molar-refractivity contribution in [3.63, 3.8) is 0 Å². The number of nitrogens with zero attached hydrogens (tertiary/aromatic N) is 4. The van der Waals surface area contributed by atoms with E-state index in [1.54, 1.807) is 6.33 Å². The standard InChI is InChI=1S/C20H25N5O2/c1-12(2)18-24-20(27-25-18)17(14-7-9-26-10-8-14)23-19-15-6-4-5-13(3)16(15)21-11-22-19/h4-6,11-12,14,17H,7-10H2,1-3H3,(H,21,22,23)/t17-/m1/s1. The average molecular weight is 367 g/mol. The van der Waals surface area contributed by atoms with Gasteiger partial charge in [-0.25, -0.2) is 9.97 Å². The van der Waals surface area contributed by atoms with Crippen LogP contribution in [0.4, 0.5) is 5.82 Å². The summed E-state index contributed by atoms with van der Waals surface area (Å²) in [6, 6.07) is 6.02. The maximum atomic E-state index is 5.64. The van der Waals surface area contributed by atoms with Crippen LogP contribution in [0.5, 0.6) is 0 Å². The summed E-state index contributed by atoms with van der Waals surface area (Å²) in [5.74, 6) is 2.70. The number of anilines is 1. The van der Waals surface area contributed by atoms with Gasteiger partial charge in [0, 0.05) is 24.5 Å². The highest BCUT2D eigenvalue weighted by Crippen LogP contribution is 2.34. The lowest BCUT2D eigenvalue weighted by Crippen LogP contribution is -2.27. The van der Waals surface area contributed by atoms with Gasteiger partial charge < -0.3 is 14.6 Å². The van der Waals surface area contributed by atoms with Crippen LogP contribution in [0.1, 0.15) is 55.9 Å². The van der Waals surface area contributed by atoms with Crippen molar-refractivity contribution in [1.82, 2.24) is 20.1 Å². The topological polar surface area (TPSA) is 86.0 Å². The molecule has 7 heteroatoms. The van der Waals surface area contributed by atoms with Crippen molar-refractivity contribution < 1.29 is 9.26 Å². The summed E-state index contributed by atoms with van der Waals surface area (Å²) in [5, 5.41) is 8.74.